The molecule has 0 spiro atoms. The van der Waals surface area contributed by atoms with Gasteiger partial charge in [-0.2, -0.15) is 4.31 Å². The fourth-order valence-corrected chi connectivity index (χ4v) is 5.26. The number of aryl methyl sites for hydroxylation is 1. The quantitative estimate of drug-likeness (QED) is 0.748. The number of halogens is 1. The van der Waals surface area contributed by atoms with Crippen LogP contribution in [0.4, 0.5) is 0 Å². The van der Waals surface area contributed by atoms with Gasteiger partial charge in [0.15, 0.2) is 11.5 Å². The van der Waals surface area contributed by atoms with Crippen molar-refractivity contribution in [2.24, 2.45) is 5.92 Å². The summed E-state index contributed by atoms with van der Waals surface area (Å²) < 4.78 is 37.9. The molecule has 0 N–H and O–H groups in total. The Morgan fingerprint density at radius 3 is 2.44 bits per heavy atom. The highest BCUT2D eigenvalue weighted by Gasteiger charge is 2.29. The molecule has 2 aliphatic heterocycles. The minimum Gasteiger partial charge on any atom is -0.454 e. The van der Waals surface area contributed by atoms with Gasteiger partial charge in [-0.25, -0.2) is 8.42 Å². The summed E-state index contributed by atoms with van der Waals surface area (Å²) in [6, 6.07) is 12.5. The molecule has 2 aliphatic rings. The van der Waals surface area contributed by atoms with Crippen LogP contribution in [0.15, 0.2) is 47.4 Å². The predicted octanol–water partition coefficient (Wildman–Crippen LogP) is 4.10. The van der Waals surface area contributed by atoms with E-state index in [1.165, 1.54) is 5.56 Å². The van der Waals surface area contributed by atoms with E-state index in [0.717, 1.165) is 37.2 Å². The lowest BCUT2D eigenvalue weighted by atomic mass is 9.91. The Morgan fingerprint density at radius 2 is 1.70 bits per heavy atom. The van der Waals surface area contributed by atoms with Gasteiger partial charge in [0.05, 0.1) is 4.90 Å². The molecule has 0 atom stereocenters. The second-order valence-corrected chi connectivity index (χ2v) is 9.40. The van der Waals surface area contributed by atoms with Gasteiger partial charge in [-0.05, 0) is 73.6 Å². The molecular formula is C20H22ClNO4S. The lowest BCUT2D eigenvalue weighted by Crippen LogP contribution is -2.38. The molecule has 0 amide bonds. The highest BCUT2D eigenvalue weighted by atomic mass is 35.5. The lowest BCUT2D eigenvalue weighted by molar-refractivity contribution is 0.174. The van der Waals surface area contributed by atoms with Gasteiger partial charge in [-0.15, -0.1) is 0 Å². The Morgan fingerprint density at radius 1 is 1.00 bits per heavy atom. The van der Waals surface area contributed by atoms with Crippen molar-refractivity contribution in [2.75, 3.05) is 19.9 Å². The normalized spacial score (nSPS) is 18.0. The van der Waals surface area contributed by atoms with Crippen LogP contribution in [0.25, 0.3) is 0 Å². The first-order chi connectivity index (χ1) is 13.0. The Labute approximate surface area is 164 Å². The van der Waals surface area contributed by atoms with E-state index in [1.54, 1.807) is 28.6 Å². The van der Waals surface area contributed by atoms with E-state index < -0.39 is 10.0 Å². The maximum Gasteiger partial charge on any atom is 0.243 e. The van der Waals surface area contributed by atoms with Gasteiger partial charge in [0.1, 0.15) is 0 Å². The van der Waals surface area contributed by atoms with Crippen LogP contribution in [-0.2, 0) is 16.4 Å². The predicted molar refractivity (Wildman–Crippen MR) is 104 cm³/mol. The molecule has 7 heteroatoms. The first kappa shape index (κ1) is 18.6. The fraction of sp³-hybridized carbons (Fsp3) is 0.400. The maximum atomic E-state index is 12.8. The first-order valence-electron chi connectivity index (χ1n) is 9.16. The molecule has 5 nitrogen and oxygen atoms in total. The lowest BCUT2D eigenvalue weighted by Gasteiger charge is -2.31. The molecule has 0 unspecified atom stereocenters. The number of hydrogen-bond donors (Lipinski definition) is 0. The summed E-state index contributed by atoms with van der Waals surface area (Å²) in [7, 11) is -3.43. The summed E-state index contributed by atoms with van der Waals surface area (Å²) in [6.07, 6.45) is 3.79. The minimum atomic E-state index is -3.43. The van der Waals surface area contributed by atoms with Crippen LogP contribution in [0, 0.1) is 5.92 Å². The molecule has 1 fully saturated rings. The standard InChI is InChI=1S/C20H22ClNO4S/c21-17-4-6-18(7-5-17)27(23,24)22-11-9-15(10-12-22)1-2-16-3-8-19-20(13-16)26-14-25-19/h3-8,13,15H,1-2,9-12,14H2. The van der Waals surface area contributed by atoms with E-state index >= 15 is 0 Å². The molecule has 4 rings (SSSR count). The average Bonchev–Trinajstić information content (AvgIpc) is 3.15. The molecule has 2 aromatic rings. The molecule has 0 radical (unpaired) electrons. The molecule has 0 aromatic heterocycles. The van der Waals surface area contributed by atoms with Gasteiger partial charge in [0.25, 0.3) is 0 Å². The summed E-state index contributed by atoms with van der Waals surface area (Å²) in [6.45, 7) is 1.42. The van der Waals surface area contributed by atoms with Crippen molar-refractivity contribution in [1.29, 1.82) is 0 Å². The Bertz CT molecular complexity index is 906. The van der Waals surface area contributed by atoms with Gasteiger partial charge in [-0.1, -0.05) is 17.7 Å². The number of rotatable bonds is 5. The van der Waals surface area contributed by atoms with Crippen LogP contribution in [0.2, 0.25) is 5.02 Å². The van der Waals surface area contributed by atoms with Crippen molar-refractivity contribution in [3.05, 3.63) is 53.1 Å². The van der Waals surface area contributed by atoms with Crippen molar-refractivity contribution in [3.8, 4) is 11.5 Å². The van der Waals surface area contributed by atoms with Crippen LogP contribution in [0.5, 0.6) is 11.5 Å². The maximum absolute atomic E-state index is 12.8. The third-order valence-corrected chi connectivity index (χ3v) is 7.47. The number of nitrogens with zero attached hydrogens (tertiary/aromatic N) is 1. The fourth-order valence-electron chi connectivity index (χ4n) is 3.66. The highest BCUT2D eigenvalue weighted by Crippen LogP contribution is 2.34. The third-order valence-electron chi connectivity index (χ3n) is 5.30. The van der Waals surface area contributed by atoms with Gasteiger partial charge >= 0.3 is 0 Å². The molecule has 2 aromatic carbocycles. The molecule has 144 valence electrons. The molecule has 2 heterocycles. The molecule has 0 bridgehead atoms. The first-order valence-corrected chi connectivity index (χ1v) is 11.0. The van der Waals surface area contributed by atoms with Crippen molar-refractivity contribution in [1.82, 2.24) is 4.31 Å². The summed E-state index contributed by atoms with van der Waals surface area (Å²) in [5.41, 5.74) is 1.23. The number of sulfonamides is 1. The van der Waals surface area contributed by atoms with E-state index in [-0.39, 0.29) is 0 Å². The van der Waals surface area contributed by atoms with Crippen molar-refractivity contribution in [3.63, 3.8) is 0 Å². The van der Waals surface area contributed by atoms with Crippen molar-refractivity contribution < 1.29 is 17.9 Å². The number of piperidine rings is 1. The van der Waals surface area contributed by atoms with Crippen LogP contribution in [0.1, 0.15) is 24.8 Å². The Hall–Kier alpha value is -1.76. The average molecular weight is 408 g/mol. The monoisotopic (exact) mass is 407 g/mol. The van der Waals surface area contributed by atoms with Crippen molar-refractivity contribution in [2.45, 2.75) is 30.6 Å². The molecule has 1 saturated heterocycles. The number of ether oxygens (including phenoxy) is 2. The van der Waals surface area contributed by atoms with Crippen LogP contribution >= 0.6 is 11.6 Å². The second kappa shape index (κ2) is 7.70. The molecular weight excluding hydrogens is 386 g/mol. The van der Waals surface area contributed by atoms with Gasteiger partial charge in [0, 0.05) is 18.1 Å². The number of fused-ring (bicyclic) bond motifs is 1. The van der Waals surface area contributed by atoms with Crippen molar-refractivity contribution >= 4 is 21.6 Å². The zero-order chi connectivity index (χ0) is 18.9. The molecule has 0 saturated carbocycles. The number of hydrogen-bond acceptors (Lipinski definition) is 4. The van der Waals surface area contributed by atoms with Gasteiger partial charge in [0.2, 0.25) is 16.8 Å². The minimum absolute atomic E-state index is 0.291. The third kappa shape index (κ3) is 4.08. The van der Waals surface area contributed by atoms with E-state index in [0.29, 0.717) is 35.7 Å². The van der Waals surface area contributed by atoms with Gasteiger partial charge < -0.3 is 9.47 Å². The van der Waals surface area contributed by atoms with E-state index in [9.17, 15) is 8.42 Å². The van der Waals surface area contributed by atoms with E-state index in [1.807, 2.05) is 12.1 Å². The Kier molecular flexibility index (Phi) is 5.30. The van der Waals surface area contributed by atoms with Gasteiger partial charge in [-0.3, -0.25) is 0 Å². The zero-order valence-corrected chi connectivity index (χ0v) is 16.5. The molecule has 27 heavy (non-hydrogen) atoms. The summed E-state index contributed by atoms with van der Waals surface area (Å²) in [4.78, 5) is 0.311. The summed E-state index contributed by atoms with van der Waals surface area (Å²) in [5.74, 6) is 2.16. The summed E-state index contributed by atoms with van der Waals surface area (Å²) >= 11 is 5.86. The van der Waals surface area contributed by atoms with E-state index in [2.05, 4.69) is 6.07 Å². The Balaban J connectivity index is 1.31. The SMILES string of the molecule is O=S(=O)(c1ccc(Cl)cc1)N1CCC(CCc2ccc3c(c2)OCO3)CC1. The van der Waals surface area contributed by atoms with Crippen LogP contribution in [-0.4, -0.2) is 32.6 Å². The zero-order valence-electron chi connectivity index (χ0n) is 14.9. The topological polar surface area (TPSA) is 55.8 Å². The van der Waals surface area contributed by atoms with E-state index in [4.69, 9.17) is 21.1 Å². The number of benzene rings is 2. The smallest absolute Gasteiger partial charge is 0.243 e. The second-order valence-electron chi connectivity index (χ2n) is 7.03. The highest BCUT2D eigenvalue weighted by molar-refractivity contribution is 7.89. The molecule has 0 aliphatic carbocycles. The van der Waals surface area contributed by atoms with Crippen LogP contribution < -0.4 is 9.47 Å². The summed E-state index contributed by atoms with van der Waals surface area (Å²) in [5, 5.41) is 0.538. The largest absolute Gasteiger partial charge is 0.454 e. The van der Waals surface area contributed by atoms with Crippen LogP contribution in [0.3, 0.4) is 0 Å².